The van der Waals surface area contributed by atoms with Crippen LogP contribution >= 0.6 is 24.0 Å². The largest absolute Gasteiger partial charge is 0.497 e. The predicted molar refractivity (Wildman–Crippen MR) is 140 cm³/mol. The second-order valence-electron chi connectivity index (χ2n) is 7.54. The van der Waals surface area contributed by atoms with Gasteiger partial charge in [-0.2, -0.15) is 0 Å². The summed E-state index contributed by atoms with van der Waals surface area (Å²) in [5.74, 6) is 1.28. The van der Waals surface area contributed by atoms with E-state index in [0.29, 0.717) is 30.4 Å². The molecule has 0 aliphatic carbocycles. The van der Waals surface area contributed by atoms with Crippen molar-refractivity contribution in [1.82, 2.24) is 20.9 Å². The lowest BCUT2D eigenvalue weighted by atomic mass is 10.1. The van der Waals surface area contributed by atoms with Gasteiger partial charge in [0.05, 0.1) is 13.2 Å². The molecule has 1 saturated heterocycles. The van der Waals surface area contributed by atoms with E-state index >= 15 is 0 Å². The molecule has 1 unspecified atom stereocenters. The summed E-state index contributed by atoms with van der Waals surface area (Å²) in [7, 11) is 3.35. The monoisotopic (exact) mass is 551 g/mol. The van der Waals surface area contributed by atoms with Crippen LogP contribution in [0.4, 0.5) is 0 Å². The summed E-state index contributed by atoms with van der Waals surface area (Å²) in [5.41, 5.74) is 1.90. The summed E-state index contributed by atoms with van der Waals surface area (Å²) in [5, 5.41) is 9.64. The number of hydrogen-bond donors (Lipinski definition) is 3. The van der Waals surface area contributed by atoms with Gasteiger partial charge in [0.15, 0.2) is 5.96 Å². The predicted octanol–water partition coefficient (Wildman–Crippen LogP) is 3.05. The zero-order valence-corrected chi connectivity index (χ0v) is 21.2. The van der Waals surface area contributed by atoms with Crippen LogP contribution in [0, 0.1) is 0 Å². The van der Waals surface area contributed by atoms with E-state index in [1.165, 1.54) is 18.4 Å². The van der Waals surface area contributed by atoms with Crippen LogP contribution in [0.5, 0.6) is 5.75 Å². The van der Waals surface area contributed by atoms with Crippen molar-refractivity contribution in [2.24, 2.45) is 4.99 Å². The highest BCUT2D eigenvalue weighted by Crippen LogP contribution is 2.24. The molecule has 0 aromatic heterocycles. The number of likely N-dealkylation sites (tertiary alicyclic amines) is 1. The van der Waals surface area contributed by atoms with E-state index in [0.717, 1.165) is 25.6 Å². The van der Waals surface area contributed by atoms with Crippen molar-refractivity contribution < 1.29 is 9.53 Å². The molecule has 3 N–H and O–H groups in total. The number of carbonyl (C=O) groups excluding carboxylic acids is 1. The lowest BCUT2D eigenvalue weighted by Crippen LogP contribution is -2.44. The van der Waals surface area contributed by atoms with Crippen LogP contribution in [-0.4, -0.2) is 63.6 Å². The van der Waals surface area contributed by atoms with Crippen molar-refractivity contribution in [1.29, 1.82) is 0 Å². The Labute approximate surface area is 208 Å². The highest BCUT2D eigenvalue weighted by atomic mass is 127. The van der Waals surface area contributed by atoms with Crippen molar-refractivity contribution in [2.45, 2.75) is 18.9 Å². The minimum atomic E-state index is -0.123. The van der Waals surface area contributed by atoms with Gasteiger partial charge in [-0.1, -0.05) is 36.4 Å². The number of carbonyl (C=O) groups is 1. The molecule has 1 heterocycles. The number of hydrogen-bond acceptors (Lipinski definition) is 4. The van der Waals surface area contributed by atoms with E-state index in [1.54, 1.807) is 32.4 Å². The minimum absolute atomic E-state index is 0. The molecule has 0 saturated carbocycles. The summed E-state index contributed by atoms with van der Waals surface area (Å²) in [4.78, 5) is 19.2. The third kappa shape index (κ3) is 7.67. The fourth-order valence-corrected chi connectivity index (χ4v) is 3.82. The number of amides is 1. The molecule has 1 fully saturated rings. The Kier molecular flexibility index (Phi) is 11.3. The Morgan fingerprint density at radius 1 is 1.03 bits per heavy atom. The molecule has 3 rings (SSSR count). The average molecular weight is 551 g/mol. The summed E-state index contributed by atoms with van der Waals surface area (Å²) in [6, 6.07) is 18.1. The molecule has 1 atom stereocenters. The van der Waals surface area contributed by atoms with Crippen LogP contribution in [0.1, 0.15) is 34.8 Å². The van der Waals surface area contributed by atoms with Gasteiger partial charge < -0.3 is 20.7 Å². The molecule has 0 radical (unpaired) electrons. The third-order valence-corrected chi connectivity index (χ3v) is 5.49. The summed E-state index contributed by atoms with van der Waals surface area (Å²) in [6.07, 6.45) is 2.51. The van der Waals surface area contributed by atoms with Gasteiger partial charge >= 0.3 is 0 Å². The Bertz CT molecular complexity index is 856. The zero-order chi connectivity index (χ0) is 21.9. The van der Waals surface area contributed by atoms with E-state index in [1.807, 2.05) is 6.07 Å². The van der Waals surface area contributed by atoms with Gasteiger partial charge in [0.1, 0.15) is 5.75 Å². The quantitative estimate of drug-likeness (QED) is 0.193. The number of halogens is 1. The van der Waals surface area contributed by atoms with Crippen LogP contribution in [-0.2, 0) is 0 Å². The van der Waals surface area contributed by atoms with Gasteiger partial charge in [0.2, 0.25) is 0 Å². The van der Waals surface area contributed by atoms with Gasteiger partial charge in [-0.3, -0.25) is 14.7 Å². The zero-order valence-electron chi connectivity index (χ0n) is 18.8. The minimum Gasteiger partial charge on any atom is -0.497 e. The topological polar surface area (TPSA) is 78.0 Å². The summed E-state index contributed by atoms with van der Waals surface area (Å²) >= 11 is 0. The molecule has 1 aliphatic rings. The number of nitrogens with zero attached hydrogens (tertiary/aromatic N) is 2. The van der Waals surface area contributed by atoms with Crippen molar-refractivity contribution >= 4 is 35.8 Å². The number of rotatable bonds is 9. The van der Waals surface area contributed by atoms with Crippen molar-refractivity contribution in [3.63, 3.8) is 0 Å². The molecule has 32 heavy (non-hydrogen) atoms. The third-order valence-electron chi connectivity index (χ3n) is 5.49. The molecule has 2 aromatic rings. The molecule has 1 aliphatic heterocycles. The second kappa shape index (κ2) is 13.9. The highest BCUT2D eigenvalue weighted by Gasteiger charge is 2.23. The van der Waals surface area contributed by atoms with E-state index in [-0.39, 0.29) is 29.9 Å². The van der Waals surface area contributed by atoms with Gasteiger partial charge in [0.25, 0.3) is 5.91 Å². The van der Waals surface area contributed by atoms with Gasteiger partial charge in [-0.15, -0.1) is 24.0 Å². The number of ether oxygens (including phenoxy) is 1. The first-order valence-corrected chi connectivity index (χ1v) is 10.9. The lowest BCUT2D eigenvalue weighted by molar-refractivity contribution is 0.0954. The van der Waals surface area contributed by atoms with Gasteiger partial charge in [0, 0.05) is 32.2 Å². The molecule has 174 valence electrons. The lowest BCUT2D eigenvalue weighted by Gasteiger charge is -2.29. The Morgan fingerprint density at radius 3 is 2.44 bits per heavy atom. The van der Waals surface area contributed by atoms with Crippen molar-refractivity contribution in [3.05, 3.63) is 65.7 Å². The SMILES string of the molecule is CN=C(NCCNC(=O)c1cccc(OC)c1)NCC(c1ccccc1)N1CCCC1.I. The van der Waals surface area contributed by atoms with Crippen LogP contribution in [0.2, 0.25) is 0 Å². The summed E-state index contributed by atoms with van der Waals surface area (Å²) < 4.78 is 5.17. The number of guanidine groups is 1. The Morgan fingerprint density at radius 2 is 1.75 bits per heavy atom. The van der Waals surface area contributed by atoms with E-state index < -0.39 is 0 Å². The normalized spacial score (nSPS) is 14.9. The second-order valence-corrected chi connectivity index (χ2v) is 7.54. The highest BCUT2D eigenvalue weighted by molar-refractivity contribution is 14.0. The fraction of sp³-hybridized carbons (Fsp3) is 0.417. The smallest absolute Gasteiger partial charge is 0.251 e. The number of benzene rings is 2. The Hall–Kier alpha value is -2.33. The molecule has 8 heteroatoms. The maximum Gasteiger partial charge on any atom is 0.251 e. The van der Waals surface area contributed by atoms with Gasteiger partial charge in [-0.05, 0) is 49.7 Å². The van der Waals surface area contributed by atoms with Crippen LogP contribution in [0.15, 0.2) is 59.6 Å². The molecule has 0 spiro atoms. The van der Waals surface area contributed by atoms with Crippen LogP contribution in [0.25, 0.3) is 0 Å². The molecular weight excluding hydrogens is 517 g/mol. The first-order chi connectivity index (χ1) is 15.2. The van der Waals surface area contributed by atoms with E-state index in [4.69, 9.17) is 4.74 Å². The average Bonchev–Trinajstić information content (AvgIpc) is 3.35. The first-order valence-electron chi connectivity index (χ1n) is 10.9. The van der Waals surface area contributed by atoms with E-state index in [9.17, 15) is 4.79 Å². The molecule has 0 bridgehead atoms. The molecule has 2 aromatic carbocycles. The Balaban J connectivity index is 0.00000363. The van der Waals surface area contributed by atoms with Crippen LogP contribution < -0.4 is 20.7 Å². The first kappa shape index (κ1) is 25.9. The molecule has 1 amide bonds. The van der Waals surface area contributed by atoms with Crippen LogP contribution in [0.3, 0.4) is 0 Å². The maximum atomic E-state index is 12.3. The number of nitrogens with one attached hydrogen (secondary N) is 3. The van der Waals surface area contributed by atoms with Crippen molar-refractivity contribution in [3.8, 4) is 5.75 Å². The molecule has 7 nitrogen and oxygen atoms in total. The fourth-order valence-electron chi connectivity index (χ4n) is 3.82. The van der Waals surface area contributed by atoms with E-state index in [2.05, 4.69) is 56.2 Å². The molecular formula is C24H34IN5O2. The van der Waals surface area contributed by atoms with Gasteiger partial charge in [-0.25, -0.2) is 0 Å². The van der Waals surface area contributed by atoms with Crippen molar-refractivity contribution in [2.75, 3.05) is 46.9 Å². The standard InChI is InChI=1S/C24H33N5O2.HI/c1-25-24(27-14-13-26-23(30)20-11-8-12-21(17-20)31-2)28-18-22(29-15-6-7-16-29)19-9-4-3-5-10-19;/h3-5,8-12,17,22H,6-7,13-16,18H2,1-2H3,(H,26,30)(H2,25,27,28);1H. The maximum absolute atomic E-state index is 12.3. The number of aliphatic imine (C=N–C) groups is 1. The summed E-state index contributed by atoms with van der Waals surface area (Å²) in [6.45, 7) is 4.10. The number of methoxy groups -OCH3 is 1.